The second-order valence-electron chi connectivity index (χ2n) is 3.96. The minimum absolute atomic E-state index is 0.254. The lowest BCUT2D eigenvalue weighted by atomic mass is 10.3. The predicted molar refractivity (Wildman–Crippen MR) is 67.5 cm³/mol. The van der Waals surface area contributed by atoms with Gasteiger partial charge >= 0.3 is 0 Å². The summed E-state index contributed by atoms with van der Waals surface area (Å²) in [5, 5.41) is 3.11. The molecular weight excluding hydrogens is 226 g/mol. The van der Waals surface area contributed by atoms with Crippen molar-refractivity contribution in [1.29, 1.82) is 0 Å². The molecule has 0 spiro atoms. The van der Waals surface area contributed by atoms with Crippen molar-refractivity contribution in [1.82, 2.24) is 5.32 Å². The van der Waals surface area contributed by atoms with E-state index < -0.39 is 9.84 Å². The minimum atomic E-state index is -2.84. The van der Waals surface area contributed by atoms with Crippen LogP contribution in [0.15, 0.2) is 0 Å². The molecule has 0 atom stereocenters. The summed E-state index contributed by atoms with van der Waals surface area (Å²) in [6.45, 7) is 4.16. The molecule has 0 rings (SSSR count). The molecule has 0 unspecified atom stereocenters. The van der Waals surface area contributed by atoms with Crippen molar-refractivity contribution >= 4 is 9.84 Å². The highest BCUT2D eigenvalue weighted by atomic mass is 32.2. The first kappa shape index (κ1) is 15.9. The minimum Gasteiger partial charge on any atom is -0.385 e. The van der Waals surface area contributed by atoms with E-state index in [9.17, 15) is 8.42 Å². The summed E-state index contributed by atoms with van der Waals surface area (Å²) in [5.74, 6) is 0.588. The highest BCUT2D eigenvalue weighted by Gasteiger charge is 2.08. The summed E-state index contributed by atoms with van der Waals surface area (Å²) in [5.41, 5.74) is 0. The van der Waals surface area contributed by atoms with Gasteiger partial charge in [0.2, 0.25) is 0 Å². The van der Waals surface area contributed by atoms with Gasteiger partial charge in [0.15, 0.2) is 9.84 Å². The van der Waals surface area contributed by atoms with E-state index in [4.69, 9.17) is 4.74 Å². The second-order valence-corrected chi connectivity index (χ2v) is 6.26. The zero-order valence-electron chi connectivity index (χ0n) is 10.5. The Balaban J connectivity index is 3.43. The lowest BCUT2D eigenvalue weighted by Crippen LogP contribution is -2.25. The zero-order valence-corrected chi connectivity index (χ0v) is 11.3. The van der Waals surface area contributed by atoms with Crippen molar-refractivity contribution in [3.05, 3.63) is 0 Å². The van der Waals surface area contributed by atoms with Crippen molar-refractivity contribution in [2.45, 2.75) is 32.6 Å². The van der Waals surface area contributed by atoms with Crippen LogP contribution in [-0.2, 0) is 14.6 Å². The summed E-state index contributed by atoms with van der Waals surface area (Å²) in [6.07, 6.45) is 3.78. The van der Waals surface area contributed by atoms with Crippen LogP contribution in [0.2, 0.25) is 0 Å². The standard InChI is InChI=1S/C11H25NO3S/c1-3-4-5-10-16(13,14)11-8-12-7-6-9-15-2/h12H,3-11H2,1-2H3. The average Bonchev–Trinajstić information content (AvgIpc) is 2.23. The molecule has 0 aromatic carbocycles. The summed E-state index contributed by atoms with van der Waals surface area (Å²) >= 11 is 0. The van der Waals surface area contributed by atoms with E-state index in [0.29, 0.717) is 12.3 Å². The Kier molecular flexibility index (Phi) is 9.97. The second kappa shape index (κ2) is 10.1. The fourth-order valence-electron chi connectivity index (χ4n) is 1.37. The Morgan fingerprint density at radius 3 is 2.44 bits per heavy atom. The van der Waals surface area contributed by atoms with Crippen molar-refractivity contribution in [3.63, 3.8) is 0 Å². The SMILES string of the molecule is CCCCCS(=O)(=O)CCNCCCOC. The lowest BCUT2D eigenvalue weighted by Gasteiger charge is -2.05. The van der Waals surface area contributed by atoms with E-state index in [0.717, 1.165) is 38.8 Å². The van der Waals surface area contributed by atoms with Gasteiger partial charge in [0.25, 0.3) is 0 Å². The molecule has 0 aliphatic heterocycles. The molecule has 0 saturated heterocycles. The van der Waals surface area contributed by atoms with E-state index in [1.807, 2.05) is 0 Å². The normalized spacial score (nSPS) is 11.9. The molecular formula is C11H25NO3S. The summed E-state index contributed by atoms with van der Waals surface area (Å²) in [6, 6.07) is 0. The highest BCUT2D eigenvalue weighted by Crippen LogP contribution is 1.99. The van der Waals surface area contributed by atoms with Crippen LogP contribution in [0.1, 0.15) is 32.6 Å². The number of sulfone groups is 1. The van der Waals surface area contributed by atoms with E-state index >= 15 is 0 Å². The Hall–Kier alpha value is -0.130. The molecule has 0 aromatic heterocycles. The maximum Gasteiger partial charge on any atom is 0.151 e. The topological polar surface area (TPSA) is 55.4 Å². The largest absolute Gasteiger partial charge is 0.385 e. The molecule has 0 aromatic rings. The summed E-state index contributed by atoms with van der Waals surface area (Å²) < 4.78 is 28.0. The molecule has 16 heavy (non-hydrogen) atoms. The third-order valence-electron chi connectivity index (χ3n) is 2.35. The molecule has 1 N–H and O–H groups in total. The van der Waals surface area contributed by atoms with Gasteiger partial charge in [-0.3, -0.25) is 0 Å². The van der Waals surface area contributed by atoms with Gasteiger partial charge in [0, 0.05) is 20.3 Å². The number of rotatable bonds is 11. The van der Waals surface area contributed by atoms with Crippen LogP contribution in [0.5, 0.6) is 0 Å². The highest BCUT2D eigenvalue weighted by molar-refractivity contribution is 7.91. The van der Waals surface area contributed by atoms with E-state index in [1.54, 1.807) is 7.11 Å². The smallest absolute Gasteiger partial charge is 0.151 e. The molecule has 0 aliphatic carbocycles. The van der Waals surface area contributed by atoms with Crippen LogP contribution >= 0.6 is 0 Å². The summed E-state index contributed by atoms with van der Waals surface area (Å²) in [4.78, 5) is 0. The molecule has 4 nitrogen and oxygen atoms in total. The van der Waals surface area contributed by atoms with Crippen LogP contribution in [-0.4, -0.2) is 46.7 Å². The van der Waals surface area contributed by atoms with Crippen molar-refractivity contribution in [2.24, 2.45) is 0 Å². The third-order valence-corrected chi connectivity index (χ3v) is 4.09. The first-order chi connectivity index (χ1) is 7.62. The van der Waals surface area contributed by atoms with Gasteiger partial charge in [-0.25, -0.2) is 8.42 Å². The van der Waals surface area contributed by atoms with Crippen LogP contribution < -0.4 is 5.32 Å². The van der Waals surface area contributed by atoms with E-state index in [-0.39, 0.29) is 5.75 Å². The fourth-order valence-corrected chi connectivity index (χ4v) is 2.67. The lowest BCUT2D eigenvalue weighted by molar-refractivity contribution is 0.194. The molecule has 0 radical (unpaired) electrons. The van der Waals surface area contributed by atoms with Crippen LogP contribution in [0.3, 0.4) is 0 Å². The molecule has 0 fully saturated rings. The maximum atomic E-state index is 11.5. The van der Waals surface area contributed by atoms with Gasteiger partial charge < -0.3 is 10.1 Å². The van der Waals surface area contributed by atoms with Gasteiger partial charge in [-0.2, -0.15) is 0 Å². The first-order valence-corrected chi connectivity index (χ1v) is 7.84. The van der Waals surface area contributed by atoms with Gasteiger partial charge in [-0.05, 0) is 19.4 Å². The molecule has 0 aliphatic rings. The molecule has 0 heterocycles. The number of unbranched alkanes of at least 4 members (excludes halogenated alkanes) is 2. The van der Waals surface area contributed by atoms with Crippen molar-refractivity contribution in [3.8, 4) is 0 Å². The Labute approximate surface area is 99.7 Å². The third kappa shape index (κ3) is 10.4. The summed E-state index contributed by atoms with van der Waals surface area (Å²) in [7, 11) is -1.18. The predicted octanol–water partition coefficient (Wildman–Crippen LogP) is 1.22. The number of hydrogen-bond acceptors (Lipinski definition) is 4. The van der Waals surface area contributed by atoms with Gasteiger partial charge in [0.1, 0.15) is 0 Å². The number of methoxy groups -OCH3 is 1. The number of nitrogens with one attached hydrogen (secondary N) is 1. The van der Waals surface area contributed by atoms with Crippen LogP contribution in [0.4, 0.5) is 0 Å². The van der Waals surface area contributed by atoms with Crippen molar-refractivity contribution in [2.75, 3.05) is 38.3 Å². The average molecular weight is 251 g/mol. The molecule has 5 heteroatoms. The molecule has 98 valence electrons. The quantitative estimate of drug-likeness (QED) is 0.561. The van der Waals surface area contributed by atoms with Crippen LogP contribution in [0, 0.1) is 0 Å². The zero-order chi connectivity index (χ0) is 12.3. The van der Waals surface area contributed by atoms with Gasteiger partial charge in [-0.15, -0.1) is 0 Å². The molecule has 0 bridgehead atoms. The first-order valence-electron chi connectivity index (χ1n) is 6.02. The number of hydrogen-bond donors (Lipinski definition) is 1. The van der Waals surface area contributed by atoms with Gasteiger partial charge in [0.05, 0.1) is 11.5 Å². The molecule has 0 amide bonds. The Morgan fingerprint density at radius 2 is 1.81 bits per heavy atom. The Bertz CT molecular complexity index is 240. The monoisotopic (exact) mass is 251 g/mol. The van der Waals surface area contributed by atoms with Crippen LogP contribution in [0.25, 0.3) is 0 Å². The molecule has 0 saturated carbocycles. The maximum absolute atomic E-state index is 11.5. The Morgan fingerprint density at radius 1 is 1.06 bits per heavy atom. The van der Waals surface area contributed by atoms with Crippen molar-refractivity contribution < 1.29 is 13.2 Å². The number of ether oxygens (including phenoxy) is 1. The fraction of sp³-hybridized carbons (Fsp3) is 1.00. The van der Waals surface area contributed by atoms with E-state index in [2.05, 4.69) is 12.2 Å². The van der Waals surface area contributed by atoms with E-state index in [1.165, 1.54) is 0 Å². The van der Waals surface area contributed by atoms with Gasteiger partial charge in [-0.1, -0.05) is 19.8 Å².